The van der Waals surface area contributed by atoms with Gasteiger partial charge in [0, 0.05) is 11.8 Å². The van der Waals surface area contributed by atoms with Crippen molar-refractivity contribution in [1.82, 2.24) is 0 Å². The van der Waals surface area contributed by atoms with Gasteiger partial charge in [-0.15, -0.1) is 0 Å². The molecule has 0 unspecified atom stereocenters. The van der Waals surface area contributed by atoms with Crippen molar-refractivity contribution < 1.29 is 14.3 Å². The molecule has 1 aromatic rings. The standard InChI is InChI=1S/C15H23NO3/c1-3-5-6-7-8-19-15(17)12-9-13(16)11-14(10-12)18-4-2/h9-11H,3-8,16H2,1-2H3. The summed E-state index contributed by atoms with van der Waals surface area (Å²) in [4.78, 5) is 11.9. The van der Waals surface area contributed by atoms with Crippen molar-refractivity contribution in [3.63, 3.8) is 0 Å². The minimum atomic E-state index is -0.343. The third kappa shape index (κ3) is 5.64. The van der Waals surface area contributed by atoms with E-state index in [-0.39, 0.29) is 5.97 Å². The van der Waals surface area contributed by atoms with E-state index in [2.05, 4.69) is 6.92 Å². The van der Waals surface area contributed by atoms with Crippen LogP contribution in [0.4, 0.5) is 5.69 Å². The molecule has 0 fully saturated rings. The predicted octanol–water partition coefficient (Wildman–Crippen LogP) is 3.40. The second kappa shape index (κ2) is 8.40. The van der Waals surface area contributed by atoms with Crippen molar-refractivity contribution in [1.29, 1.82) is 0 Å². The second-order valence-electron chi connectivity index (χ2n) is 4.42. The van der Waals surface area contributed by atoms with Gasteiger partial charge in [-0.25, -0.2) is 4.79 Å². The van der Waals surface area contributed by atoms with Crippen LogP contribution < -0.4 is 10.5 Å². The number of benzene rings is 1. The van der Waals surface area contributed by atoms with E-state index in [0.29, 0.717) is 30.2 Å². The average molecular weight is 265 g/mol. The minimum absolute atomic E-state index is 0.343. The molecule has 0 bridgehead atoms. The van der Waals surface area contributed by atoms with Crippen molar-refractivity contribution in [2.24, 2.45) is 0 Å². The topological polar surface area (TPSA) is 61.5 Å². The van der Waals surface area contributed by atoms with E-state index in [9.17, 15) is 4.79 Å². The van der Waals surface area contributed by atoms with Crippen LogP contribution in [0.2, 0.25) is 0 Å². The van der Waals surface area contributed by atoms with Gasteiger partial charge in [0.25, 0.3) is 0 Å². The van der Waals surface area contributed by atoms with Crippen LogP contribution in [0, 0.1) is 0 Å². The first-order valence-corrected chi connectivity index (χ1v) is 6.87. The molecular formula is C15H23NO3. The molecule has 106 valence electrons. The van der Waals surface area contributed by atoms with Crippen LogP contribution in [0.3, 0.4) is 0 Å². The van der Waals surface area contributed by atoms with Gasteiger partial charge in [-0.2, -0.15) is 0 Å². The molecule has 0 aromatic heterocycles. The lowest BCUT2D eigenvalue weighted by Gasteiger charge is -2.08. The number of anilines is 1. The third-order valence-electron chi connectivity index (χ3n) is 2.71. The van der Waals surface area contributed by atoms with E-state index in [4.69, 9.17) is 15.2 Å². The highest BCUT2D eigenvalue weighted by atomic mass is 16.5. The molecule has 0 aliphatic heterocycles. The lowest BCUT2D eigenvalue weighted by Crippen LogP contribution is -2.07. The van der Waals surface area contributed by atoms with Crippen LogP contribution in [0.5, 0.6) is 5.75 Å². The molecule has 1 aromatic carbocycles. The Labute approximate surface area is 114 Å². The Morgan fingerprint density at radius 2 is 1.95 bits per heavy atom. The Hall–Kier alpha value is -1.71. The zero-order chi connectivity index (χ0) is 14.1. The van der Waals surface area contributed by atoms with Crippen LogP contribution in [0.25, 0.3) is 0 Å². The highest BCUT2D eigenvalue weighted by Gasteiger charge is 2.09. The molecule has 0 spiro atoms. The maximum atomic E-state index is 11.9. The van der Waals surface area contributed by atoms with E-state index in [0.717, 1.165) is 12.8 Å². The molecule has 4 nitrogen and oxygen atoms in total. The number of rotatable bonds is 8. The van der Waals surface area contributed by atoms with Crippen molar-refractivity contribution in [3.8, 4) is 5.75 Å². The van der Waals surface area contributed by atoms with Gasteiger partial charge < -0.3 is 15.2 Å². The maximum absolute atomic E-state index is 11.9. The number of nitrogens with two attached hydrogens (primary N) is 1. The van der Waals surface area contributed by atoms with Gasteiger partial charge in [0.2, 0.25) is 0 Å². The number of nitrogen functional groups attached to an aromatic ring is 1. The normalized spacial score (nSPS) is 10.2. The summed E-state index contributed by atoms with van der Waals surface area (Å²) < 4.78 is 10.6. The zero-order valence-corrected chi connectivity index (χ0v) is 11.8. The molecule has 0 atom stereocenters. The molecule has 0 aliphatic rings. The van der Waals surface area contributed by atoms with Crippen LogP contribution in [0.1, 0.15) is 49.9 Å². The molecule has 0 amide bonds. The zero-order valence-electron chi connectivity index (χ0n) is 11.8. The Morgan fingerprint density at radius 1 is 1.16 bits per heavy atom. The Kier molecular flexibility index (Phi) is 6.79. The van der Waals surface area contributed by atoms with Crippen LogP contribution in [0.15, 0.2) is 18.2 Å². The first-order chi connectivity index (χ1) is 9.17. The van der Waals surface area contributed by atoms with E-state index in [1.807, 2.05) is 6.92 Å². The number of hydrogen-bond acceptors (Lipinski definition) is 4. The van der Waals surface area contributed by atoms with Crippen LogP contribution >= 0.6 is 0 Å². The van der Waals surface area contributed by atoms with E-state index < -0.39 is 0 Å². The number of carbonyl (C=O) groups excluding carboxylic acids is 1. The number of unbranched alkanes of at least 4 members (excludes halogenated alkanes) is 3. The Bertz CT molecular complexity index is 404. The van der Waals surface area contributed by atoms with Gasteiger partial charge in [0.1, 0.15) is 5.75 Å². The summed E-state index contributed by atoms with van der Waals surface area (Å²) in [6.07, 6.45) is 4.33. The summed E-state index contributed by atoms with van der Waals surface area (Å²) in [6, 6.07) is 4.96. The molecule has 0 radical (unpaired) electrons. The molecular weight excluding hydrogens is 242 g/mol. The Morgan fingerprint density at radius 3 is 2.63 bits per heavy atom. The quantitative estimate of drug-likeness (QED) is 0.444. The largest absolute Gasteiger partial charge is 0.494 e. The third-order valence-corrected chi connectivity index (χ3v) is 2.71. The Balaban J connectivity index is 2.51. The molecule has 0 aliphatic carbocycles. The number of carbonyl (C=O) groups is 1. The predicted molar refractivity (Wildman–Crippen MR) is 76.4 cm³/mol. The summed E-state index contributed by atoms with van der Waals surface area (Å²) in [5, 5.41) is 0. The second-order valence-corrected chi connectivity index (χ2v) is 4.42. The van der Waals surface area contributed by atoms with E-state index in [1.165, 1.54) is 12.8 Å². The van der Waals surface area contributed by atoms with Gasteiger partial charge in [-0.1, -0.05) is 26.2 Å². The molecule has 1 rings (SSSR count). The number of esters is 1. The lowest BCUT2D eigenvalue weighted by atomic mass is 10.2. The molecule has 4 heteroatoms. The fourth-order valence-electron chi connectivity index (χ4n) is 1.77. The first-order valence-electron chi connectivity index (χ1n) is 6.87. The fourth-order valence-corrected chi connectivity index (χ4v) is 1.77. The van der Waals surface area contributed by atoms with Gasteiger partial charge in [0.15, 0.2) is 0 Å². The molecule has 2 N–H and O–H groups in total. The minimum Gasteiger partial charge on any atom is -0.494 e. The van der Waals surface area contributed by atoms with Crippen LogP contribution in [-0.4, -0.2) is 19.2 Å². The average Bonchev–Trinajstić information content (AvgIpc) is 2.38. The van der Waals surface area contributed by atoms with Crippen molar-refractivity contribution in [2.75, 3.05) is 18.9 Å². The van der Waals surface area contributed by atoms with E-state index >= 15 is 0 Å². The lowest BCUT2D eigenvalue weighted by molar-refractivity contribution is 0.0497. The number of hydrogen-bond donors (Lipinski definition) is 1. The van der Waals surface area contributed by atoms with Gasteiger partial charge in [-0.3, -0.25) is 0 Å². The molecule has 0 saturated carbocycles. The highest BCUT2D eigenvalue weighted by Crippen LogP contribution is 2.19. The van der Waals surface area contributed by atoms with Crippen molar-refractivity contribution >= 4 is 11.7 Å². The smallest absolute Gasteiger partial charge is 0.338 e. The van der Waals surface area contributed by atoms with Gasteiger partial charge >= 0.3 is 5.97 Å². The monoisotopic (exact) mass is 265 g/mol. The van der Waals surface area contributed by atoms with Crippen molar-refractivity contribution in [3.05, 3.63) is 23.8 Å². The molecule has 0 heterocycles. The summed E-state index contributed by atoms with van der Waals surface area (Å²) in [7, 11) is 0. The summed E-state index contributed by atoms with van der Waals surface area (Å²) >= 11 is 0. The highest BCUT2D eigenvalue weighted by molar-refractivity contribution is 5.91. The summed E-state index contributed by atoms with van der Waals surface area (Å²) in [5.41, 5.74) is 6.68. The first kappa shape index (κ1) is 15.3. The fraction of sp³-hybridized carbons (Fsp3) is 0.533. The SMILES string of the molecule is CCCCCCOC(=O)c1cc(N)cc(OCC)c1. The maximum Gasteiger partial charge on any atom is 0.338 e. The van der Waals surface area contributed by atoms with Gasteiger partial charge in [-0.05, 0) is 25.5 Å². The molecule has 0 saturated heterocycles. The summed E-state index contributed by atoms with van der Waals surface area (Å²) in [5.74, 6) is 0.255. The van der Waals surface area contributed by atoms with Crippen LogP contribution in [-0.2, 0) is 4.74 Å². The summed E-state index contributed by atoms with van der Waals surface area (Å²) in [6.45, 7) is 5.02. The number of ether oxygens (including phenoxy) is 2. The molecule has 19 heavy (non-hydrogen) atoms. The van der Waals surface area contributed by atoms with E-state index in [1.54, 1.807) is 18.2 Å². The van der Waals surface area contributed by atoms with Crippen molar-refractivity contribution in [2.45, 2.75) is 39.5 Å². The van der Waals surface area contributed by atoms with Gasteiger partial charge in [0.05, 0.1) is 18.8 Å².